The van der Waals surface area contributed by atoms with Crippen LogP contribution in [-0.4, -0.2) is 22.5 Å². The zero-order valence-corrected chi connectivity index (χ0v) is 11.3. The molecule has 1 aromatic carbocycles. The molecule has 0 N–H and O–H groups in total. The van der Waals surface area contributed by atoms with Crippen LogP contribution in [0.5, 0.6) is 0 Å². The summed E-state index contributed by atoms with van der Waals surface area (Å²) < 4.78 is 5.52. The van der Waals surface area contributed by atoms with Gasteiger partial charge in [0.2, 0.25) is 0 Å². The third-order valence-electron chi connectivity index (χ3n) is 4.15. The summed E-state index contributed by atoms with van der Waals surface area (Å²) in [6.07, 6.45) is 4.07. The van der Waals surface area contributed by atoms with Crippen LogP contribution in [0.25, 0.3) is 0 Å². The van der Waals surface area contributed by atoms with Gasteiger partial charge >= 0.3 is 6.09 Å². The molecule has 104 valence electrons. The summed E-state index contributed by atoms with van der Waals surface area (Å²) in [5.41, 5.74) is 0.314. The van der Waals surface area contributed by atoms with E-state index >= 15 is 0 Å². The Balaban J connectivity index is 1.89. The number of nitrogens with zero attached hydrogens (tertiary/aromatic N) is 1. The van der Waals surface area contributed by atoms with Crippen molar-refractivity contribution in [3.8, 4) is 0 Å². The number of rotatable bonds is 1. The summed E-state index contributed by atoms with van der Waals surface area (Å²) in [5.74, 6) is -0.358. The molecule has 2 aliphatic rings. The number of carbonyl (C=O) groups excluding carboxylic acids is 2. The lowest BCUT2D eigenvalue weighted by atomic mass is 9.82. The number of hydrogen-bond donors (Lipinski definition) is 0. The highest BCUT2D eigenvalue weighted by molar-refractivity contribution is 6.05. The topological polar surface area (TPSA) is 46.6 Å². The molecule has 1 aliphatic carbocycles. The van der Waals surface area contributed by atoms with Gasteiger partial charge in [0, 0.05) is 5.56 Å². The molecule has 1 aromatic rings. The van der Waals surface area contributed by atoms with Crippen molar-refractivity contribution in [1.29, 1.82) is 0 Å². The molecular weight excluding hydrogens is 254 g/mol. The number of benzene rings is 1. The molecule has 1 aliphatic heterocycles. The van der Waals surface area contributed by atoms with Gasteiger partial charge in [-0.1, -0.05) is 31.2 Å². The van der Waals surface area contributed by atoms with Gasteiger partial charge in [0.05, 0.1) is 5.70 Å². The van der Waals surface area contributed by atoms with Gasteiger partial charge in [-0.2, -0.15) is 0 Å². The van der Waals surface area contributed by atoms with Gasteiger partial charge in [-0.3, -0.25) is 4.79 Å². The normalized spacial score (nSPS) is 21.1. The van der Waals surface area contributed by atoms with Crippen LogP contribution in [0.1, 0.15) is 42.5 Å². The lowest BCUT2D eigenvalue weighted by Crippen LogP contribution is -2.35. The minimum absolute atomic E-state index is 0.358. The van der Waals surface area contributed by atoms with E-state index in [1.165, 1.54) is 0 Å². The van der Waals surface area contributed by atoms with E-state index in [2.05, 4.69) is 6.58 Å². The number of carbonyl (C=O) groups is 2. The molecule has 1 heterocycles. The van der Waals surface area contributed by atoms with Gasteiger partial charge in [0.1, 0.15) is 0 Å². The van der Waals surface area contributed by atoms with Gasteiger partial charge in [-0.15, -0.1) is 0 Å². The van der Waals surface area contributed by atoms with E-state index in [0.29, 0.717) is 11.3 Å². The minimum atomic E-state index is -0.653. The summed E-state index contributed by atoms with van der Waals surface area (Å²) in [7, 11) is 0. The number of imide groups is 1. The second-order valence-electron chi connectivity index (χ2n) is 5.38. The van der Waals surface area contributed by atoms with Crippen LogP contribution in [0.15, 0.2) is 42.6 Å². The van der Waals surface area contributed by atoms with Gasteiger partial charge in [-0.05, 0) is 37.8 Å². The monoisotopic (exact) mass is 271 g/mol. The second kappa shape index (κ2) is 4.78. The molecule has 0 unspecified atom stereocenters. The Morgan fingerprint density at radius 2 is 1.80 bits per heavy atom. The first kappa shape index (κ1) is 12.9. The van der Waals surface area contributed by atoms with Crippen LogP contribution < -0.4 is 0 Å². The van der Waals surface area contributed by atoms with Crippen molar-refractivity contribution in [3.05, 3.63) is 48.2 Å². The van der Waals surface area contributed by atoms with Crippen molar-refractivity contribution in [2.24, 2.45) is 0 Å². The molecule has 2 fully saturated rings. The van der Waals surface area contributed by atoms with Crippen molar-refractivity contribution < 1.29 is 14.3 Å². The summed E-state index contributed by atoms with van der Waals surface area (Å²) in [5, 5.41) is 0. The summed E-state index contributed by atoms with van der Waals surface area (Å²) >= 11 is 0. The Labute approximate surface area is 118 Å². The molecule has 0 aromatic heterocycles. The Hall–Kier alpha value is -2.10. The molecule has 20 heavy (non-hydrogen) atoms. The van der Waals surface area contributed by atoms with E-state index in [-0.39, 0.29) is 5.91 Å². The molecule has 0 bridgehead atoms. The zero-order chi connectivity index (χ0) is 14.2. The van der Waals surface area contributed by atoms with Crippen LogP contribution in [0.2, 0.25) is 0 Å². The second-order valence-corrected chi connectivity index (χ2v) is 5.38. The van der Waals surface area contributed by atoms with Gasteiger partial charge in [-0.25, -0.2) is 9.69 Å². The maximum atomic E-state index is 12.5. The van der Waals surface area contributed by atoms with E-state index in [4.69, 9.17) is 4.74 Å². The van der Waals surface area contributed by atoms with Crippen LogP contribution in [0.3, 0.4) is 0 Å². The van der Waals surface area contributed by atoms with Gasteiger partial charge in [0.15, 0.2) is 5.60 Å². The fourth-order valence-corrected chi connectivity index (χ4v) is 3.01. The standard InChI is InChI=1S/C16H17NO3/c1-12-16(10-6-3-7-11-16)20-15(19)17(12)14(18)13-8-4-2-5-9-13/h2,4-5,8-9H,1,3,6-7,10-11H2. The maximum absolute atomic E-state index is 12.5. The predicted octanol–water partition coefficient (Wildman–Crippen LogP) is 3.50. The number of amides is 2. The Kier molecular flexibility index (Phi) is 3.08. The predicted molar refractivity (Wildman–Crippen MR) is 74.0 cm³/mol. The SMILES string of the molecule is C=C1N(C(=O)c2ccccc2)C(=O)OC12CCCCC2. The highest BCUT2D eigenvalue weighted by Crippen LogP contribution is 2.43. The maximum Gasteiger partial charge on any atom is 0.422 e. The van der Waals surface area contributed by atoms with Crippen molar-refractivity contribution in [1.82, 2.24) is 4.90 Å². The Bertz CT molecular complexity index is 558. The Morgan fingerprint density at radius 3 is 2.45 bits per heavy atom. The molecule has 2 amide bonds. The first-order valence-electron chi connectivity index (χ1n) is 6.96. The molecule has 0 radical (unpaired) electrons. The third kappa shape index (κ3) is 1.92. The van der Waals surface area contributed by atoms with Crippen LogP contribution in [0.4, 0.5) is 4.79 Å². The lowest BCUT2D eigenvalue weighted by molar-refractivity contribution is 0.0401. The average molecular weight is 271 g/mol. The molecule has 1 saturated heterocycles. The molecule has 4 heteroatoms. The van der Waals surface area contributed by atoms with Gasteiger partial charge in [0.25, 0.3) is 5.91 Å². The summed E-state index contributed by atoms with van der Waals surface area (Å²) in [6.45, 7) is 3.97. The number of ether oxygens (including phenoxy) is 1. The van der Waals surface area contributed by atoms with Crippen LogP contribution in [-0.2, 0) is 4.74 Å². The fraction of sp³-hybridized carbons (Fsp3) is 0.375. The highest BCUT2D eigenvalue weighted by atomic mass is 16.6. The van der Waals surface area contributed by atoms with Crippen LogP contribution >= 0.6 is 0 Å². The molecule has 1 saturated carbocycles. The average Bonchev–Trinajstić information content (AvgIpc) is 2.71. The van der Waals surface area contributed by atoms with Crippen molar-refractivity contribution in [3.63, 3.8) is 0 Å². The molecule has 4 nitrogen and oxygen atoms in total. The molecule has 0 atom stereocenters. The van der Waals surface area contributed by atoms with E-state index in [0.717, 1.165) is 37.0 Å². The highest BCUT2D eigenvalue weighted by Gasteiger charge is 2.51. The number of hydrogen-bond acceptors (Lipinski definition) is 3. The van der Waals surface area contributed by atoms with Crippen molar-refractivity contribution in [2.45, 2.75) is 37.7 Å². The van der Waals surface area contributed by atoms with E-state index < -0.39 is 11.7 Å². The van der Waals surface area contributed by atoms with Crippen LogP contribution in [0, 0.1) is 0 Å². The lowest BCUT2D eigenvalue weighted by Gasteiger charge is -2.31. The quantitative estimate of drug-likeness (QED) is 0.785. The zero-order valence-electron chi connectivity index (χ0n) is 11.3. The fourth-order valence-electron chi connectivity index (χ4n) is 3.01. The molecule has 3 rings (SSSR count). The smallest absolute Gasteiger partial charge is 0.422 e. The minimum Gasteiger partial charge on any atom is -0.436 e. The third-order valence-corrected chi connectivity index (χ3v) is 4.15. The molecule has 1 spiro atoms. The molecular formula is C16H17NO3. The van der Waals surface area contributed by atoms with Crippen molar-refractivity contribution in [2.75, 3.05) is 0 Å². The van der Waals surface area contributed by atoms with E-state index in [9.17, 15) is 9.59 Å². The Morgan fingerprint density at radius 1 is 1.15 bits per heavy atom. The largest absolute Gasteiger partial charge is 0.436 e. The van der Waals surface area contributed by atoms with E-state index in [1.54, 1.807) is 24.3 Å². The van der Waals surface area contributed by atoms with Gasteiger partial charge < -0.3 is 4.74 Å². The summed E-state index contributed by atoms with van der Waals surface area (Å²) in [4.78, 5) is 25.7. The van der Waals surface area contributed by atoms with E-state index in [1.807, 2.05) is 6.07 Å². The first-order chi connectivity index (χ1) is 9.64. The summed E-state index contributed by atoms with van der Waals surface area (Å²) in [6, 6.07) is 8.75. The van der Waals surface area contributed by atoms with Crippen molar-refractivity contribution >= 4 is 12.0 Å². The first-order valence-corrected chi connectivity index (χ1v) is 6.96.